The number of nitrogens with one attached hydrogen (secondary N) is 1. The fourth-order valence-corrected chi connectivity index (χ4v) is 1.79. The van der Waals surface area contributed by atoms with Crippen LogP contribution in [0.3, 0.4) is 0 Å². The maximum atomic E-state index is 11.7. The lowest BCUT2D eigenvalue weighted by atomic mass is 10.0. The van der Waals surface area contributed by atoms with E-state index in [4.69, 9.17) is 9.84 Å². The Kier molecular flexibility index (Phi) is 6.21. The molecule has 5 nitrogen and oxygen atoms in total. The average Bonchev–Trinajstić information content (AvgIpc) is 2.41. The van der Waals surface area contributed by atoms with Crippen LogP contribution in [0.4, 0.5) is 0 Å². The third-order valence-corrected chi connectivity index (χ3v) is 3.18. The topological polar surface area (TPSA) is 75.6 Å². The molecule has 1 amide bonds. The monoisotopic (exact) mass is 293 g/mol. The van der Waals surface area contributed by atoms with E-state index in [9.17, 15) is 9.59 Å². The summed E-state index contributed by atoms with van der Waals surface area (Å²) in [5.41, 5.74) is 2.11. The summed E-state index contributed by atoms with van der Waals surface area (Å²) < 4.78 is 5.57. The van der Waals surface area contributed by atoms with E-state index in [1.165, 1.54) is 0 Å². The van der Waals surface area contributed by atoms with Crippen molar-refractivity contribution in [2.45, 2.75) is 33.6 Å². The minimum absolute atomic E-state index is 0.0996. The van der Waals surface area contributed by atoms with Crippen LogP contribution in [0.25, 0.3) is 0 Å². The highest BCUT2D eigenvalue weighted by Crippen LogP contribution is 2.27. The van der Waals surface area contributed by atoms with Crippen LogP contribution in [0.1, 0.15) is 37.8 Å². The van der Waals surface area contributed by atoms with Crippen molar-refractivity contribution in [3.8, 4) is 5.75 Å². The van der Waals surface area contributed by atoms with Gasteiger partial charge in [-0.05, 0) is 30.0 Å². The summed E-state index contributed by atoms with van der Waals surface area (Å²) in [5, 5.41) is 11.3. The number of carbonyl (C=O) groups is 2. The zero-order valence-electron chi connectivity index (χ0n) is 13.0. The van der Waals surface area contributed by atoms with Crippen molar-refractivity contribution in [1.29, 1.82) is 0 Å². The molecule has 0 saturated heterocycles. The summed E-state index contributed by atoms with van der Waals surface area (Å²) in [6, 6.07) is 5.92. The lowest BCUT2D eigenvalue weighted by Gasteiger charge is -2.15. The van der Waals surface area contributed by atoms with Crippen LogP contribution in [-0.4, -0.2) is 30.1 Å². The average molecular weight is 293 g/mol. The smallest absolute Gasteiger partial charge is 0.308 e. The molecule has 1 aromatic rings. The van der Waals surface area contributed by atoms with E-state index < -0.39 is 11.9 Å². The number of amides is 1. The van der Waals surface area contributed by atoms with Crippen molar-refractivity contribution in [2.75, 3.05) is 13.2 Å². The number of hydrogen-bond donors (Lipinski definition) is 2. The molecule has 0 heterocycles. The predicted molar refractivity (Wildman–Crippen MR) is 80.6 cm³/mol. The van der Waals surface area contributed by atoms with Gasteiger partial charge in [0.1, 0.15) is 5.75 Å². The first kappa shape index (κ1) is 17.0. The Morgan fingerprint density at radius 2 is 1.95 bits per heavy atom. The van der Waals surface area contributed by atoms with Gasteiger partial charge in [-0.2, -0.15) is 0 Å². The molecule has 1 atom stereocenters. The molecular weight excluding hydrogens is 270 g/mol. The Balaban J connectivity index is 2.57. The van der Waals surface area contributed by atoms with Gasteiger partial charge in [0.15, 0.2) is 6.61 Å². The van der Waals surface area contributed by atoms with Crippen LogP contribution in [0.2, 0.25) is 0 Å². The number of rotatable bonds is 7. The largest absolute Gasteiger partial charge is 0.483 e. The van der Waals surface area contributed by atoms with Gasteiger partial charge < -0.3 is 15.2 Å². The number of benzene rings is 1. The van der Waals surface area contributed by atoms with Gasteiger partial charge in [-0.15, -0.1) is 0 Å². The molecule has 21 heavy (non-hydrogen) atoms. The zero-order valence-corrected chi connectivity index (χ0v) is 13.0. The van der Waals surface area contributed by atoms with Gasteiger partial charge in [0.25, 0.3) is 5.91 Å². The number of carboxylic acid groups (broad SMARTS) is 1. The number of aryl methyl sites for hydroxylation is 1. The lowest BCUT2D eigenvalue weighted by molar-refractivity contribution is -0.141. The minimum Gasteiger partial charge on any atom is -0.483 e. The third kappa shape index (κ3) is 5.45. The van der Waals surface area contributed by atoms with Crippen LogP contribution in [-0.2, 0) is 9.59 Å². The SMILES string of the molecule is Cc1ccc(C(C)C)c(OCC(=O)NCC(C)C(=O)O)c1. The molecule has 0 bridgehead atoms. The molecule has 0 spiro atoms. The summed E-state index contributed by atoms with van der Waals surface area (Å²) in [6.07, 6.45) is 0. The van der Waals surface area contributed by atoms with Crippen molar-refractivity contribution in [2.24, 2.45) is 5.92 Å². The summed E-state index contributed by atoms with van der Waals surface area (Å²) in [7, 11) is 0. The van der Waals surface area contributed by atoms with Crippen molar-refractivity contribution in [3.05, 3.63) is 29.3 Å². The van der Waals surface area contributed by atoms with E-state index in [2.05, 4.69) is 19.2 Å². The van der Waals surface area contributed by atoms with Gasteiger partial charge >= 0.3 is 5.97 Å². The van der Waals surface area contributed by atoms with Gasteiger partial charge in [0, 0.05) is 6.54 Å². The summed E-state index contributed by atoms with van der Waals surface area (Å²) in [5.74, 6) is -0.863. The Morgan fingerprint density at radius 1 is 1.29 bits per heavy atom. The standard InChI is InChI=1S/C16H23NO4/c1-10(2)13-6-5-11(3)7-14(13)21-9-15(18)17-8-12(4)16(19)20/h5-7,10,12H,8-9H2,1-4H3,(H,17,18)(H,19,20). The molecule has 0 fully saturated rings. The number of hydrogen-bond acceptors (Lipinski definition) is 3. The van der Waals surface area contributed by atoms with Crippen molar-refractivity contribution >= 4 is 11.9 Å². The molecule has 0 aliphatic carbocycles. The first-order valence-corrected chi connectivity index (χ1v) is 7.04. The maximum absolute atomic E-state index is 11.7. The van der Waals surface area contributed by atoms with Gasteiger partial charge in [-0.3, -0.25) is 9.59 Å². The number of carbonyl (C=O) groups excluding carboxylic acids is 1. The number of aliphatic carboxylic acids is 1. The molecule has 1 unspecified atom stereocenters. The van der Waals surface area contributed by atoms with Gasteiger partial charge in [-0.25, -0.2) is 0 Å². The number of ether oxygens (including phenoxy) is 1. The Hall–Kier alpha value is -2.04. The minimum atomic E-state index is -0.933. The second kappa shape index (κ2) is 7.67. The van der Waals surface area contributed by atoms with E-state index in [-0.39, 0.29) is 19.1 Å². The Morgan fingerprint density at radius 3 is 2.52 bits per heavy atom. The molecule has 5 heteroatoms. The highest BCUT2D eigenvalue weighted by molar-refractivity contribution is 5.78. The molecule has 116 valence electrons. The maximum Gasteiger partial charge on any atom is 0.308 e. The molecule has 0 saturated carbocycles. The normalized spacial score (nSPS) is 12.0. The van der Waals surface area contributed by atoms with Crippen LogP contribution >= 0.6 is 0 Å². The van der Waals surface area contributed by atoms with E-state index in [0.717, 1.165) is 11.1 Å². The zero-order chi connectivity index (χ0) is 16.0. The highest BCUT2D eigenvalue weighted by atomic mass is 16.5. The Labute approximate surface area is 125 Å². The first-order valence-electron chi connectivity index (χ1n) is 7.04. The van der Waals surface area contributed by atoms with Gasteiger partial charge in [0.2, 0.25) is 0 Å². The molecule has 0 aromatic heterocycles. The summed E-state index contributed by atoms with van der Waals surface area (Å²) >= 11 is 0. The molecule has 1 aromatic carbocycles. The number of carboxylic acids is 1. The second-order valence-electron chi connectivity index (χ2n) is 5.53. The Bertz CT molecular complexity index is 511. The molecular formula is C16H23NO4. The summed E-state index contributed by atoms with van der Waals surface area (Å²) in [4.78, 5) is 22.3. The van der Waals surface area contributed by atoms with Crippen LogP contribution in [0, 0.1) is 12.8 Å². The first-order chi connectivity index (χ1) is 9.81. The second-order valence-corrected chi connectivity index (χ2v) is 5.53. The van der Waals surface area contributed by atoms with E-state index >= 15 is 0 Å². The van der Waals surface area contributed by atoms with Gasteiger partial charge in [-0.1, -0.05) is 32.9 Å². The van der Waals surface area contributed by atoms with Crippen molar-refractivity contribution in [3.63, 3.8) is 0 Å². The van der Waals surface area contributed by atoms with Crippen LogP contribution in [0.15, 0.2) is 18.2 Å². The van der Waals surface area contributed by atoms with Gasteiger partial charge in [0.05, 0.1) is 5.92 Å². The van der Waals surface area contributed by atoms with E-state index in [0.29, 0.717) is 11.7 Å². The van der Waals surface area contributed by atoms with E-state index in [1.807, 2.05) is 25.1 Å². The molecule has 0 aliphatic rings. The third-order valence-electron chi connectivity index (χ3n) is 3.18. The molecule has 1 rings (SSSR count). The quantitative estimate of drug-likeness (QED) is 0.809. The highest BCUT2D eigenvalue weighted by Gasteiger charge is 2.13. The molecule has 2 N–H and O–H groups in total. The lowest BCUT2D eigenvalue weighted by Crippen LogP contribution is -2.34. The summed E-state index contributed by atoms with van der Waals surface area (Å²) in [6.45, 7) is 7.61. The predicted octanol–water partition coefficient (Wildman–Crippen LogP) is 2.33. The van der Waals surface area contributed by atoms with Crippen molar-refractivity contribution < 1.29 is 19.4 Å². The van der Waals surface area contributed by atoms with Crippen molar-refractivity contribution in [1.82, 2.24) is 5.32 Å². The fourth-order valence-electron chi connectivity index (χ4n) is 1.79. The van der Waals surface area contributed by atoms with Crippen LogP contribution in [0.5, 0.6) is 5.75 Å². The fraction of sp³-hybridized carbons (Fsp3) is 0.500. The molecule has 0 radical (unpaired) electrons. The van der Waals surface area contributed by atoms with E-state index in [1.54, 1.807) is 6.92 Å². The van der Waals surface area contributed by atoms with Crippen LogP contribution < -0.4 is 10.1 Å². The molecule has 0 aliphatic heterocycles.